The molecule has 4 aromatic rings. The van der Waals surface area contributed by atoms with Crippen LogP contribution < -0.4 is 15.6 Å². The molecule has 3 aromatic carbocycles. The molecular formula is C28H28FN5OS. The molecule has 6 nitrogen and oxygen atoms in total. The lowest BCUT2D eigenvalue weighted by atomic mass is 10.1. The van der Waals surface area contributed by atoms with E-state index in [9.17, 15) is 9.18 Å². The molecule has 184 valence electrons. The molecular weight excluding hydrogens is 473 g/mol. The fourth-order valence-corrected chi connectivity index (χ4v) is 4.49. The van der Waals surface area contributed by atoms with Crippen LogP contribution in [0.1, 0.15) is 35.3 Å². The molecule has 2 N–H and O–H groups in total. The first-order valence-corrected chi connectivity index (χ1v) is 12.6. The molecule has 0 saturated heterocycles. The number of hydrogen-bond acceptors (Lipinski definition) is 6. The minimum Gasteiger partial charge on any atom is -0.372 e. The summed E-state index contributed by atoms with van der Waals surface area (Å²) in [6, 6.07) is 21.5. The molecule has 0 unspecified atom stereocenters. The normalized spacial score (nSPS) is 11.0. The number of thiazole rings is 1. The molecule has 36 heavy (non-hydrogen) atoms. The number of aromatic nitrogens is 1. The molecule has 1 amide bonds. The van der Waals surface area contributed by atoms with Gasteiger partial charge in [0.2, 0.25) is 5.13 Å². The van der Waals surface area contributed by atoms with Crippen molar-refractivity contribution in [2.45, 2.75) is 20.8 Å². The zero-order valence-corrected chi connectivity index (χ0v) is 21.3. The zero-order valence-electron chi connectivity index (χ0n) is 20.5. The minimum absolute atomic E-state index is 0.338. The van der Waals surface area contributed by atoms with Crippen LogP contribution in [0.2, 0.25) is 0 Å². The van der Waals surface area contributed by atoms with Gasteiger partial charge in [-0.25, -0.2) is 9.37 Å². The van der Waals surface area contributed by atoms with Crippen molar-refractivity contribution in [1.82, 2.24) is 4.98 Å². The predicted octanol–water partition coefficient (Wildman–Crippen LogP) is 6.80. The molecule has 0 spiro atoms. The topological polar surface area (TPSA) is 69.6 Å². The second kappa shape index (κ2) is 11.6. The van der Waals surface area contributed by atoms with Crippen molar-refractivity contribution in [2.24, 2.45) is 5.10 Å². The van der Waals surface area contributed by atoms with Crippen molar-refractivity contribution in [1.29, 1.82) is 0 Å². The minimum atomic E-state index is -0.392. The van der Waals surface area contributed by atoms with E-state index >= 15 is 0 Å². The van der Waals surface area contributed by atoms with E-state index in [1.54, 1.807) is 6.21 Å². The first-order chi connectivity index (χ1) is 17.5. The standard InChI is InChI=1S/C28H28FN5OS/c1-4-34(5-2)24-16-8-20(9-17-24)18-30-33-28-31-25(21-10-6-19(3)7-11-21)27(36-28)32-26(35)22-12-14-23(29)15-13-22/h6-18H,4-5H2,1-3H3,(H,31,33)(H,32,35)/b30-18-. The van der Waals surface area contributed by atoms with Gasteiger partial charge in [-0.15, -0.1) is 0 Å². The fourth-order valence-electron chi connectivity index (χ4n) is 3.66. The Morgan fingerprint density at radius 3 is 2.31 bits per heavy atom. The fraction of sp³-hybridized carbons (Fsp3) is 0.179. The van der Waals surface area contributed by atoms with Gasteiger partial charge in [-0.1, -0.05) is 53.3 Å². The van der Waals surface area contributed by atoms with Crippen molar-refractivity contribution in [3.63, 3.8) is 0 Å². The van der Waals surface area contributed by atoms with Gasteiger partial charge in [-0.05, 0) is 62.7 Å². The Labute approximate surface area is 214 Å². The highest BCUT2D eigenvalue weighted by molar-refractivity contribution is 7.20. The van der Waals surface area contributed by atoms with Crippen LogP contribution in [0.4, 0.5) is 20.2 Å². The first kappa shape index (κ1) is 25.1. The van der Waals surface area contributed by atoms with Crippen LogP contribution in [0.5, 0.6) is 0 Å². The molecule has 8 heteroatoms. The summed E-state index contributed by atoms with van der Waals surface area (Å²) in [5.74, 6) is -0.730. The van der Waals surface area contributed by atoms with Gasteiger partial charge in [0.25, 0.3) is 5.91 Å². The van der Waals surface area contributed by atoms with Crippen LogP contribution in [0.15, 0.2) is 77.9 Å². The molecule has 0 aliphatic heterocycles. The van der Waals surface area contributed by atoms with Gasteiger partial charge in [0, 0.05) is 29.9 Å². The highest BCUT2D eigenvalue weighted by atomic mass is 32.1. The number of hydrazone groups is 1. The second-order valence-electron chi connectivity index (χ2n) is 8.16. The van der Waals surface area contributed by atoms with E-state index in [1.165, 1.54) is 41.3 Å². The Morgan fingerprint density at radius 2 is 1.67 bits per heavy atom. The molecule has 0 saturated carbocycles. The molecule has 4 rings (SSSR count). The van der Waals surface area contributed by atoms with E-state index in [4.69, 9.17) is 0 Å². The maximum atomic E-state index is 13.3. The molecule has 0 aliphatic rings. The van der Waals surface area contributed by atoms with E-state index < -0.39 is 5.82 Å². The number of carbonyl (C=O) groups excluding carboxylic acids is 1. The van der Waals surface area contributed by atoms with Gasteiger partial charge in [-0.2, -0.15) is 5.10 Å². The summed E-state index contributed by atoms with van der Waals surface area (Å²) in [6.07, 6.45) is 1.73. The summed E-state index contributed by atoms with van der Waals surface area (Å²) in [5, 5.41) is 8.37. The van der Waals surface area contributed by atoms with E-state index in [-0.39, 0.29) is 5.91 Å². The highest BCUT2D eigenvalue weighted by Gasteiger charge is 2.16. The van der Waals surface area contributed by atoms with Crippen LogP contribution >= 0.6 is 11.3 Å². The number of amides is 1. The second-order valence-corrected chi connectivity index (χ2v) is 9.16. The summed E-state index contributed by atoms with van der Waals surface area (Å²) in [7, 11) is 0. The number of nitrogens with one attached hydrogen (secondary N) is 2. The molecule has 0 atom stereocenters. The lowest BCUT2D eigenvalue weighted by molar-refractivity contribution is 0.102. The lowest BCUT2D eigenvalue weighted by Crippen LogP contribution is -2.21. The van der Waals surface area contributed by atoms with Gasteiger partial charge in [-0.3, -0.25) is 10.2 Å². The van der Waals surface area contributed by atoms with Crippen LogP contribution in [0, 0.1) is 12.7 Å². The Morgan fingerprint density at radius 1 is 1.00 bits per heavy atom. The smallest absolute Gasteiger partial charge is 0.256 e. The Hall–Kier alpha value is -4.04. The molecule has 0 radical (unpaired) electrons. The SMILES string of the molecule is CCN(CC)c1ccc(/C=N\Nc2nc(-c3ccc(C)cc3)c(NC(=O)c3ccc(F)cc3)s2)cc1. The Bertz CT molecular complexity index is 1330. The number of anilines is 3. The van der Waals surface area contributed by atoms with Gasteiger partial charge >= 0.3 is 0 Å². The molecule has 0 aliphatic carbocycles. The molecule has 0 bridgehead atoms. The van der Waals surface area contributed by atoms with Crippen LogP contribution in [0.25, 0.3) is 11.3 Å². The highest BCUT2D eigenvalue weighted by Crippen LogP contribution is 2.36. The third-order valence-corrected chi connectivity index (χ3v) is 6.56. The predicted molar refractivity (Wildman–Crippen MR) is 148 cm³/mol. The summed E-state index contributed by atoms with van der Waals surface area (Å²) in [6.45, 7) is 8.20. The number of benzene rings is 3. The van der Waals surface area contributed by atoms with Crippen molar-refractivity contribution in [2.75, 3.05) is 28.7 Å². The number of aryl methyl sites for hydroxylation is 1. The maximum absolute atomic E-state index is 13.3. The third kappa shape index (κ3) is 6.14. The average molecular weight is 502 g/mol. The van der Waals surface area contributed by atoms with E-state index in [0.29, 0.717) is 21.4 Å². The lowest BCUT2D eigenvalue weighted by Gasteiger charge is -2.20. The number of hydrogen-bond donors (Lipinski definition) is 2. The quantitative estimate of drug-likeness (QED) is 0.195. The molecule has 0 fully saturated rings. The van der Waals surface area contributed by atoms with E-state index in [2.05, 4.69) is 51.7 Å². The third-order valence-electron chi connectivity index (χ3n) is 5.68. The number of halogens is 1. The summed E-state index contributed by atoms with van der Waals surface area (Å²) >= 11 is 1.28. The van der Waals surface area contributed by atoms with Crippen molar-refractivity contribution >= 4 is 39.3 Å². The van der Waals surface area contributed by atoms with Crippen LogP contribution in [0.3, 0.4) is 0 Å². The maximum Gasteiger partial charge on any atom is 0.256 e. The number of nitrogens with zero attached hydrogens (tertiary/aromatic N) is 3. The van der Waals surface area contributed by atoms with E-state index in [0.717, 1.165) is 29.8 Å². The average Bonchev–Trinajstić information content (AvgIpc) is 3.28. The number of rotatable bonds is 9. The summed E-state index contributed by atoms with van der Waals surface area (Å²) in [4.78, 5) is 19.7. The van der Waals surface area contributed by atoms with Gasteiger partial charge < -0.3 is 10.2 Å². The van der Waals surface area contributed by atoms with E-state index in [1.807, 2.05) is 43.3 Å². The van der Waals surface area contributed by atoms with Crippen LogP contribution in [-0.4, -0.2) is 30.2 Å². The molecule has 1 heterocycles. The number of carbonyl (C=O) groups is 1. The van der Waals surface area contributed by atoms with Crippen molar-refractivity contribution < 1.29 is 9.18 Å². The Kier molecular flexibility index (Phi) is 8.07. The van der Waals surface area contributed by atoms with Gasteiger partial charge in [0.15, 0.2) is 0 Å². The first-order valence-electron chi connectivity index (χ1n) is 11.8. The monoisotopic (exact) mass is 501 g/mol. The summed E-state index contributed by atoms with van der Waals surface area (Å²) < 4.78 is 13.3. The Balaban J connectivity index is 1.53. The largest absolute Gasteiger partial charge is 0.372 e. The zero-order chi connectivity index (χ0) is 25.5. The van der Waals surface area contributed by atoms with Crippen LogP contribution in [-0.2, 0) is 0 Å². The van der Waals surface area contributed by atoms with Gasteiger partial charge in [0.05, 0.1) is 6.21 Å². The van der Waals surface area contributed by atoms with Gasteiger partial charge in [0.1, 0.15) is 16.5 Å². The molecule has 1 aromatic heterocycles. The van der Waals surface area contributed by atoms with Crippen molar-refractivity contribution in [3.05, 3.63) is 95.3 Å². The summed E-state index contributed by atoms with van der Waals surface area (Å²) in [5.41, 5.74) is 8.11. The van der Waals surface area contributed by atoms with Crippen molar-refractivity contribution in [3.8, 4) is 11.3 Å².